The number of benzene rings is 3. The Labute approximate surface area is 218 Å². The first-order valence-corrected chi connectivity index (χ1v) is 11.9. The maximum absolute atomic E-state index is 13.0. The average molecular weight is 533 g/mol. The summed E-state index contributed by atoms with van der Waals surface area (Å²) in [5.74, 6) is -3.34. The zero-order chi connectivity index (χ0) is 28.1. The maximum atomic E-state index is 13.0. The van der Waals surface area contributed by atoms with E-state index in [9.17, 15) is 22.8 Å². The monoisotopic (exact) mass is 532 g/mol. The van der Waals surface area contributed by atoms with Crippen LogP contribution in [0, 0.1) is 0 Å². The number of hydrogen-bond donors (Lipinski definition) is 5. The molecule has 0 aromatic heterocycles. The minimum atomic E-state index is -5.08. The fourth-order valence-electron chi connectivity index (χ4n) is 3.56. The van der Waals surface area contributed by atoms with Crippen molar-refractivity contribution in [1.29, 1.82) is 0 Å². The van der Waals surface area contributed by atoms with Crippen molar-refractivity contribution >= 4 is 28.6 Å². The number of rotatable bonds is 10. The Morgan fingerprint density at radius 2 is 1.50 bits per heavy atom. The van der Waals surface area contributed by atoms with E-state index in [-0.39, 0.29) is 11.8 Å². The summed E-state index contributed by atoms with van der Waals surface area (Å²) in [6.07, 6.45) is -3.57. The number of halogens is 3. The number of carboxylic acid groups (broad SMARTS) is 1. The van der Waals surface area contributed by atoms with E-state index >= 15 is 0 Å². The van der Waals surface area contributed by atoms with Crippen molar-refractivity contribution in [3.8, 4) is 0 Å². The van der Waals surface area contributed by atoms with Gasteiger partial charge < -0.3 is 27.2 Å². The number of hydrogen-bond acceptors (Lipinski definition) is 5. The van der Waals surface area contributed by atoms with Gasteiger partial charge >= 0.3 is 12.1 Å². The van der Waals surface area contributed by atoms with Crippen LogP contribution in [-0.4, -0.2) is 47.7 Å². The Morgan fingerprint density at radius 1 is 0.895 bits per heavy atom. The van der Waals surface area contributed by atoms with Crippen LogP contribution >= 0.6 is 0 Å². The van der Waals surface area contributed by atoms with Crippen LogP contribution in [0.25, 0.3) is 10.8 Å². The molecule has 0 radical (unpaired) electrons. The van der Waals surface area contributed by atoms with Gasteiger partial charge in [-0.3, -0.25) is 9.59 Å². The molecule has 0 spiro atoms. The molecule has 11 heteroatoms. The quantitative estimate of drug-likeness (QED) is 0.271. The molecule has 0 bridgehead atoms. The lowest BCUT2D eigenvalue weighted by molar-refractivity contribution is -0.192. The summed E-state index contributed by atoms with van der Waals surface area (Å²) in [5, 5.41) is 15.1. The number of fused-ring (bicyclic) bond motifs is 1. The van der Waals surface area contributed by atoms with E-state index in [2.05, 4.69) is 10.6 Å². The molecule has 3 rings (SSSR count). The number of amides is 2. The van der Waals surface area contributed by atoms with Crippen molar-refractivity contribution in [1.82, 2.24) is 10.6 Å². The number of nitrogens with one attached hydrogen (secondary N) is 2. The molecule has 0 heterocycles. The molecule has 0 saturated carbocycles. The van der Waals surface area contributed by atoms with Gasteiger partial charge in [0.05, 0.1) is 6.04 Å². The third kappa shape index (κ3) is 9.83. The second kappa shape index (κ2) is 14.7. The molecule has 0 aliphatic carbocycles. The first-order chi connectivity index (χ1) is 18.0. The number of carboxylic acids is 1. The van der Waals surface area contributed by atoms with Crippen LogP contribution in [0.1, 0.15) is 24.0 Å². The third-order valence-electron chi connectivity index (χ3n) is 5.55. The summed E-state index contributed by atoms with van der Waals surface area (Å²) >= 11 is 0. The summed E-state index contributed by atoms with van der Waals surface area (Å²) in [5.41, 5.74) is 13.5. The molecule has 7 N–H and O–H groups in total. The normalized spacial score (nSPS) is 12.6. The van der Waals surface area contributed by atoms with Crippen LogP contribution in [0.2, 0.25) is 0 Å². The van der Waals surface area contributed by atoms with E-state index in [1.165, 1.54) is 0 Å². The van der Waals surface area contributed by atoms with Crippen molar-refractivity contribution in [2.24, 2.45) is 11.5 Å². The van der Waals surface area contributed by atoms with E-state index < -0.39 is 24.2 Å². The summed E-state index contributed by atoms with van der Waals surface area (Å²) < 4.78 is 31.7. The van der Waals surface area contributed by atoms with E-state index in [0.29, 0.717) is 32.4 Å². The number of aliphatic carboxylic acids is 1. The molecule has 0 fully saturated rings. The molecular formula is C27H31F3N4O4. The predicted molar refractivity (Wildman–Crippen MR) is 138 cm³/mol. The first-order valence-electron chi connectivity index (χ1n) is 11.9. The van der Waals surface area contributed by atoms with Gasteiger partial charge in [-0.05, 0) is 41.3 Å². The van der Waals surface area contributed by atoms with Crippen molar-refractivity contribution < 1.29 is 32.7 Å². The maximum Gasteiger partial charge on any atom is 0.490 e. The topological polar surface area (TPSA) is 148 Å². The fourth-order valence-corrected chi connectivity index (χ4v) is 3.56. The van der Waals surface area contributed by atoms with Crippen LogP contribution in [0.15, 0.2) is 72.8 Å². The molecule has 0 aliphatic heterocycles. The summed E-state index contributed by atoms with van der Waals surface area (Å²) in [4.78, 5) is 34.6. The van der Waals surface area contributed by atoms with E-state index in [1.807, 2.05) is 72.8 Å². The minimum Gasteiger partial charge on any atom is -0.475 e. The predicted octanol–water partition coefficient (Wildman–Crippen LogP) is 2.88. The SMILES string of the molecule is NCCC[C@@H](N)C(=O)N[C@@H](Cc1cccc2ccccc12)C(=O)NCc1ccccc1.O=C(O)C(F)(F)F. The Morgan fingerprint density at radius 3 is 2.13 bits per heavy atom. The largest absolute Gasteiger partial charge is 0.490 e. The molecule has 0 saturated heterocycles. The molecular weight excluding hydrogens is 501 g/mol. The van der Waals surface area contributed by atoms with Crippen molar-refractivity contribution in [3.63, 3.8) is 0 Å². The first kappa shape index (κ1) is 30.3. The smallest absolute Gasteiger partial charge is 0.475 e. The lowest BCUT2D eigenvalue weighted by Crippen LogP contribution is -2.52. The second-order valence-electron chi connectivity index (χ2n) is 8.45. The van der Waals surface area contributed by atoms with Crippen LogP contribution in [0.3, 0.4) is 0 Å². The Bertz CT molecular complexity index is 1200. The Kier molecular flexibility index (Phi) is 11.7. The minimum absolute atomic E-state index is 0.240. The van der Waals surface area contributed by atoms with Gasteiger partial charge in [0, 0.05) is 13.0 Å². The molecule has 3 aromatic rings. The van der Waals surface area contributed by atoms with Gasteiger partial charge in [0.15, 0.2) is 0 Å². The molecule has 8 nitrogen and oxygen atoms in total. The van der Waals surface area contributed by atoms with Gasteiger partial charge in [0.25, 0.3) is 0 Å². The highest BCUT2D eigenvalue weighted by Crippen LogP contribution is 2.20. The van der Waals surface area contributed by atoms with Crippen molar-refractivity contribution in [3.05, 3.63) is 83.9 Å². The molecule has 0 unspecified atom stereocenters. The molecule has 38 heavy (non-hydrogen) atoms. The molecule has 2 atom stereocenters. The lowest BCUT2D eigenvalue weighted by Gasteiger charge is -2.21. The van der Waals surface area contributed by atoms with Crippen molar-refractivity contribution in [2.75, 3.05) is 6.54 Å². The van der Waals surface area contributed by atoms with Crippen LogP contribution in [0.5, 0.6) is 0 Å². The lowest BCUT2D eigenvalue weighted by atomic mass is 9.98. The highest BCUT2D eigenvalue weighted by molar-refractivity contribution is 5.91. The van der Waals surface area contributed by atoms with Crippen LogP contribution in [-0.2, 0) is 27.3 Å². The number of nitrogens with two attached hydrogens (primary N) is 2. The van der Waals surface area contributed by atoms with Gasteiger partial charge in [-0.1, -0.05) is 72.8 Å². The zero-order valence-corrected chi connectivity index (χ0v) is 20.6. The van der Waals surface area contributed by atoms with Crippen LogP contribution < -0.4 is 22.1 Å². The van der Waals surface area contributed by atoms with Crippen molar-refractivity contribution in [2.45, 2.75) is 44.1 Å². The van der Waals surface area contributed by atoms with E-state index in [0.717, 1.165) is 21.9 Å². The number of carbonyl (C=O) groups excluding carboxylic acids is 2. The van der Waals surface area contributed by atoms with Gasteiger partial charge in [0.2, 0.25) is 11.8 Å². The summed E-state index contributed by atoms with van der Waals surface area (Å²) in [6, 6.07) is 22.2. The Hall–Kier alpha value is -3.96. The van der Waals surface area contributed by atoms with E-state index in [4.69, 9.17) is 21.4 Å². The number of alkyl halides is 3. The van der Waals surface area contributed by atoms with Gasteiger partial charge in [0.1, 0.15) is 6.04 Å². The van der Waals surface area contributed by atoms with Gasteiger partial charge in [-0.15, -0.1) is 0 Å². The highest BCUT2D eigenvalue weighted by Gasteiger charge is 2.38. The highest BCUT2D eigenvalue weighted by atomic mass is 19.4. The van der Waals surface area contributed by atoms with Gasteiger partial charge in [-0.2, -0.15) is 13.2 Å². The van der Waals surface area contributed by atoms with Crippen LogP contribution in [0.4, 0.5) is 13.2 Å². The molecule has 0 aliphatic rings. The standard InChI is InChI=1S/C25H30N4O2.C2HF3O2/c26-15-7-14-22(27)24(30)29-23(25(31)28-17-18-8-2-1-3-9-18)16-20-12-6-11-19-10-4-5-13-21(19)20;3-2(4,5)1(6)7/h1-6,8-13,22-23H,7,14-17,26-27H2,(H,28,31)(H,29,30);(H,6,7)/t22-,23+;/m1./s1. The third-order valence-corrected chi connectivity index (χ3v) is 5.55. The average Bonchev–Trinajstić information content (AvgIpc) is 2.90. The second-order valence-corrected chi connectivity index (χ2v) is 8.45. The summed E-state index contributed by atoms with van der Waals surface area (Å²) in [6.45, 7) is 0.860. The molecule has 2 amide bonds. The summed E-state index contributed by atoms with van der Waals surface area (Å²) in [7, 11) is 0. The Balaban J connectivity index is 0.000000638. The molecule has 3 aromatic carbocycles. The zero-order valence-electron chi connectivity index (χ0n) is 20.6. The molecule has 204 valence electrons. The van der Waals surface area contributed by atoms with E-state index in [1.54, 1.807) is 0 Å². The van der Waals surface area contributed by atoms with Gasteiger partial charge in [-0.25, -0.2) is 4.79 Å². The number of carbonyl (C=O) groups is 3. The fraction of sp³-hybridized carbons (Fsp3) is 0.296.